The smallest absolute Gasteiger partial charge is 0.281 e. The maximum absolute atomic E-state index is 13.1. The van der Waals surface area contributed by atoms with Gasteiger partial charge in [-0.25, -0.2) is 0 Å². The number of benzene rings is 1. The maximum atomic E-state index is 13.1. The van der Waals surface area contributed by atoms with Gasteiger partial charge in [-0.2, -0.15) is 17.0 Å². The van der Waals surface area contributed by atoms with Gasteiger partial charge in [0.1, 0.15) is 5.75 Å². The third-order valence-corrected chi connectivity index (χ3v) is 8.17. The first-order chi connectivity index (χ1) is 13.9. The summed E-state index contributed by atoms with van der Waals surface area (Å²) >= 11 is 0. The number of carbonyl (C=O) groups excluding carboxylic acids is 1. The van der Waals surface area contributed by atoms with Crippen molar-refractivity contribution in [3.8, 4) is 5.75 Å². The van der Waals surface area contributed by atoms with E-state index in [1.807, 2.05) is 24.3 Å². The quantitative estimate of drug-likeness (QED) is 0.731. The zero-order valence-corrected chi connectivity index (χ0v) is 18.3. The SMILES string of the molecule is COc1ccc(CNC(=O)C2CCCN(S(=O)(=O)N(C)C3CCCCC3)C2)cc1. The molecular weight excluding hydrogens is 390 g/mol. The Hall–Kier alpha value is -1.64. The lowest BCUT2D eigenvalue weighted by Crippen LogP contribution is -2.52. The highest BCUT2D eigenvalue weighted by Crippen LogP contribution is 2.27. The summed E-state index contributed by atoms with van der Waals surface area (Å²) in [6.07, 6.45) is 6.63. The first-order valence-electron chi connectivity index (χ1n) is 10.6. The summed E-state index contributed by atoms with van der Waals surface area (Å²) in [6, 6.07) is 7.62. The summed E-state index contributed by atoms with van der Waals surface area (Å²) in [5.41, 5.74) is 0.983. The molecular formula is C21H33N3O4S. The first kappa shape index (κ1) is 22.1. The highest BCUT2D eigenvalue weighted by molar-refractivity contribution is 7.86. The minimum absolute atomic E-state index is 0.0815. The number of nitrogens with one attached hydrogen (secondary N) is 1. The predicted octanol–water partition coefficient (Wildman–Crippen LogP) is 2.53. The highest BCUT2D eigenvalue weighted by Gasteiger charge is 2.37. The summed E-state index contributed by atoms with van der Waals surface area (Å²) in [5.74, 6) is 0.382. The lowest BCUT2D eigenvalue weighted by Gasteiger charge is -2.37. The largest absolute Gasteiger partial charge is 0.497 e. The molecule has 1 aromatic carbocycles. The number of methoxy groups -OCH3 is 1. The van der Waals surface area contributed by atoms with Crippen molar-refractivity contribution in [2.75, 3.05) is 27.2 Å². The van der Waals surface area contributed by atoms with Crippen LogP contribution in [0.2, 0.25) is 0 Å². The lowest BCUT2D eigenvalue weighted by molar-refractivity contribution is -0.126. The van der Waals surface area contributed by atoms with Crippen molar-refractivity contribution in [3.05, 3.63) is 29.8 Å². The average Bonchev–Trinajstić information content (AvgIpc) is 2.78. The van der Waals surface area contributed by atoms with E-state index in [9.17, 15) is 13.2 Å². The van der Waals surface area contributed by atoms with Crippen LogP contribution >= 0.6 is 0 Å². The molecule has 1 aromatic rings. The molecule has 29 heavy (non-hydrogen) atoms. The number of amides is 1. The van der Waals surface area contributed by atoms with Gasteiger partial charge in [0.05, 0.1) is 13.0 Å². The number of piperidine rings is 1. The van der Waals surface area contributed by atoms with Gasteiger partial charge in [-0.05, 0) is 43.4 Å². The fourth-order valence-corrected chi connectivity index (χ4v) is 5.94. The molecule has 0 bridgehead atoms. The molecule has 1 saturated carbocycles. The third-order valence-electron chi connectivity index (χ3n) is 6.16. The van der Waals surface area contributed by atoms with E-state index in [0.717, 1.165) is 37.0 Å². The Morgan fingerprint density at radius 3 is 2.48 bits per heavy atom. The van der Waals surface area contributed by atoms with Crippen molar-refractivity contribution in [3.63, 3.8) is 0 Å². The molecule has 3 rings (SSSR count). The van der Waals surface area contributed by atoms with Gasteiger partial charge < -0.3 is 10.1 Å². The summed E-state index contributed by atoms with van der Waals surface area (Å²) in [4.78, 5) is 12.7. The molecule has 1 aliphatic carbocycles. The van der Waals surface area contributed by atoms with Crippen molar-refractivity contribution in [1.82, 2.24) is 13.9 Å². The van der Waals surface area contributed by atoms with Crippen LogP contribution in [0.25, 0.3) is 0 Å². The van der Waals surface area contributed by atoms with Crippen LogP contribution in [0.3, 0.4) is 0 Å². The van der Waals surface area contributed by atoms with E-state index < -0.39 is 10.2 Å². The lowest BCUT2D eigenvalue weighted by atomic mass is 9.96. The minimum Gasteiger partial charge on any atom is -0.497 e. The Bertz CT molecular complexity index is 776. The van der Waals surface area contributed by atoms with Crippen molar-refractivity contribution < 1.29 is 17.9 Å². The second-order valence-electron chi connectivity index (χ2n) is 8.08. The number of rotatable bonds is 7. The van der Waals surface area contributed by atoms with Gasteiger partial charge in [-0.3, -0.25) is 4.79 Å². The standard InChI is InChI=1S/C21H33N3O4S/c1-23(19-8-4-3-5-9-19)29(26,27)24-14-6-7-18(16-24)21(25)22-15-17-10-12-20(28-2)13-11-17/h10-13,18-19H,3-9,14-16H2,1-2H3,(H,22,25). The number of ether oxygens (including phenoxy) is 1. The van der Waals surface area contributed by atoms with E-state index in [1.165, 1.54) is 10.7 Å². The Morgan fingerprint density at radius 2 is 1.83 bits per heavy atom. The van der Waals surface area contributed by atoms with Crippen LogP contribution < -0.4 is 10.1 Å². The van der Waals surface area contributed by atoms with Crippen LogP contribution in [0.1, 0.15) is 50.5 Å². The molecule has 7 nitrogen and oxygen atoms in total. The van der Waals surface area contributed by atoms with Crippen LogP contribution in [-0.2, 0) is 21.5 Å². The molecule has 1 aliphatic heterocycles. The zero-order chi connectivity index (χ0) is 20.9. The van der Waals surface area contributed by atoms with Gasteiger partial charge in [0.2, 0.25) is 5.91 Å². The summed E-state index contributed by atoms with van der Waals surface area (Å²) < 4.78 is 34.4. The molecule has 0 radical (unpaired) electrons. The van der Waals surface area contributed by atoms with Crippen molar-refractivity contribution in [2.24, 2.45) is 5.92 Å². The number of nitrogens with zero attached hydrogens (tertiary/aromatic N) is 2. The Balaban J connectivity index is 1.56. The molecule has 162 valence electrons. The topological polar surface area (TPSA) is 79.0 Å². The van der Waals surface area contributed by atoms with Crippen molar-refractivity contribution in [2.45, 2.75) is 57.5 Å². The summed E-state index contributed by atoms with van der Waals surface area (Å²) in [5, 5.41) is 2.96. The zero-order valence-electron chi connectivity index (χ0n) is 17.5. The molecule has 1 atom stereocenters. The molecule has 0 spiro atoms. The van der Waals surface area contributed by atoms with Gasteiger partial charge in [-0.15, -0.1) is 0 Å². The molecule has 2 aliphatic rings. The molecule has 0 aromatic heterocycles. The number of hydrogen-bond acceptors (Lipinski definition) is 4. The van der Waals surface area contributed by atoms with Crippen LogP contribution in [-0.4, -0.2) is 56.2 Å². The molecule has 2 fully saturated rings. The van der Waals surface area contributed by atoms with Crippen LogP contribution in [0.5, 0.6) is 5.75 Å². The average molecular weight is 424 g/mol. The molecule has 1 heterocycles. The fourth-order valence-electron chi connectivity index (χ4n) is 4.26. The van der Waals surface area contributed by atoms with Crippen LogP contribution in [0.15, 0.2) is 24.3 Å². The van der Waals surface area contributed by atoms with Gasteiger partial charge >= 0.3 is 0 Å². The third kappa shape index (κ3) is 5.49. The minimum atomic E-state index is -3.53. The molecule has 8 heteroatoms. The molecule has 1 N–H and O–H groups in total. The Kier molecular flexibility index (Phi) is 7.54. The highest BCUT2D eigenvalue weighted by atomic mass is 32.2. The maximum Gasteiger partial charge on any atom is 0.281 e. The van der Waals surface area contributed by atoms with E-state index in [4.69, 9.17) is 4.74 Å². The second kappa shape index (κ2) is 9.91. The number of hydrogen-bond donors (Lipinski definition) is 1. The first-order valence-corrected chi connectivity index (χ1v) is 11.9. The molecule has 1 saturated heterocycles. The van der Waals surface area contributed by atoms with Gasteiger partial charge in [0.15, 0.2) is 0 Å². The van der Waals surface area contributed by atoms with E-state index in [0.29, 0.717) is 25.9 Å². The van der Waals surface area contributed by atoms with Crippen LogP contribution in [0.4, 0.5) is 0 Å². The summed E-state index contributed by atoms with van der Waals surface area (Å²) in [6.45, 7) is 1.17. The molecule has 1 unspecified atom stereocenters. The Morgan fingerprint density at radius 1 is 1.14 bits per heavy atom. The van der Waals surface area contributed by atoms with E-state index in [1.54, 1.807) is 18.5 Å². The van der Waals surface area contributed by atoms with Gasteiger partial charge in [0, 0.05) is 32.7 Å². The number of carbonyl (C=O) groups is 1. The predicted molar refractivity (Wildman–Crippen MR) is 113 cm³/mol. The summed E-state index contributed by atoms with van der Waals surface area (Å²) in [7, 11) is -0.221. The van der Waals surface area contributed by atoms with E-state index in [2.05, 4.69) is 5.32 Å². The molecule has 1 amide bonds. The monoisotopic (exact) mass is 423 g/mol. The van der Waals surface area contributed by atoms with Crippen molar-refractivity contribution >= 4 is 16.1 Å². The van der Waals surface area contributed by atoms with E-state index in [-0.39, 0.29) is 24.4 Å². The van der Waals surface area contributed by atoms with Gasteiger partial charge in [-0.1, -0.05) is 31.4 Å². The van der Waals surface area contributed by atoms with Crippen molar-refractivity contribution in [1.29, 1.82) is 0 Å². The van der Waals surface area contributed by atoms with Crippen LogP contribution in [0, 0.1) is 5.92 Å². The Labute approximate surface area is 174 Å². The second-order valence-corrected chi connectivity index (χ2v) is 10.1. The van der Waals surface area contributed by atoms with E-state index >= 15 is 0 Å². The normalized spacial score (nSPS) is 21.8. The van der Waals surface area contributed by atoms with Gasteiger partial charge in [0.25, 0.3) is 10.2 Å². The fraction of sp³-hybridized carbons (Fsp3) is 0.667.